The lowest BCUT2D eigenvalue weighted by atomic mass is 9.99. The third kappa shape index (κ3) is 35.8. The second-order valence-electron chi connectivity index (χ2n) is 20.0. The molecule has 11 nitrogen and oxygen atoms in total. The Morgan fingerprint density at radius 3 is 1.39 bits per heavy atom. The number of nitrogens with one attached hydrogen (secondary N) is 1. The highest BCUT2D eigenvalue weighted by molar-refractivity contribution is 5.81. The predicted molar refractivity (Wildman–Crippen MR) is 284 cm³/mol. The highest BCUT2D eigenvalue weighted by atomic mass is 16.7. The van der Waals surface area contributed by atoms with Gasteiger partial charge in [-0.05, 0) is 64.2 Å². The van der Waals surface area contributed by atoms with E-state index in [-0.39, 0.29) is 12.8 Å². The predicted octanol–water partition coefficient (Wildman–Crippen LogP) is 11.7. The maximum atomic E-state index is 13.1. The van der Waals surface area contributed by atoms with Crippen LogP contribution < -0.4 is 5.32 Å². The van der Waals surface area contributed by atoms with Crippen molar-refractivity contribution in [2.45, 2.75) is 300 Å². The van der Waals surface area contributed by atoms with E-state index in [4.69, 9.17) is 9.47 Å². The van der Waals surface area contributed by atoms with Crippen LogP contribution in [0.25, 0.3) is 0 Å². The summed E-state index contributed by atoms with van der Waals surface area (Å²) in [5, 5.41) is 75.7. The molecule has 8 N–H and O–H groups in total. The number of unbranched alkanes of at least 4 members (excludes halogenated alkanes) is 29. The van der Waals surface area contributed by atoms with E-state index in [0.29, 0.717) is 19.3 Å². The number of amides is 1. The van der Waals surface area contributed by atoms with Gasteiger partial charge in [0, 0.05) is 6.42 Å². The number of carbonyl (C=O) groups excluding carboxylic acids is 1. The topological polar surface area (TPSA) is 189 Å². The zero-order valence-corrected chi connectivity index (χ0v) is 44.0. The number of aliphatic hydroxyl groups excluding tert-OH is 7. The molecule has 0 aromatic heterocycles. The number of aliphatic hydroxyl groups is 7. The quantitative estimate of drug-likeness (QED) is 0.0215. The van der Waals surface area contributed by atoms with Crippen molar-refractivity contribution >= 4 is 5.91 Å². The number of ether oxygens (including phenoxy) is 2. The van der Waals surface area contributed by atoms with E-state index in [1.807, 2.05) is 6.08 Å². The normalized spacial score (nSPS) is 20.7. The van der Waals surface area contributed by atoms with Crippen molar-refractivity contribution in [3.05, 3.63) is 48.6 Å². The highest BCUT2D eigenvalue weighted by Crippen LogP contribution is 2.23. The Kier molecular flexibility index (Phi) is 44.4. The molecule has 404 valence electrons. The molecule has 1 aliphatic rings. The Morgan fingerprint density at radius 1 is 0.522 bits per heavy atom. The molecule has 69 heavy (non-hydrogen) atoms. The van der Waals surface area contributed by atoms with Gasteiger partial charge < -0.3 is 50.5 Å². The van der Waals surface area contributed by atoms with Gasteiger partial charge in [0.25, 0.3) is 0 Å². The highest BCUT2D eigenvalue weighted by Gasteiger charge is 2.44. The van der Waals surface area contributed by atoms with Crippen LogP contribution in [0.1, 0.15) is 245 Å². The average molecular weight is 978 g/mol. The fourth-order valence-electron chi connectivity index (χ4n) is 8.91. The van der Waals surface area contributed by atoms with Gasteiger partial charge in [-0.1, -0.05) is 223 Å². The zero-order valence-electron chi connectivity index (χ0n) is 44.0. The van der Waals surface area contributed by atoms with Gasteiger partial charge in [-0.2, -0.15) is 0 Å². The minimum atomic E-state index is -1.68. The summed E-state index contributed by atoms with van der Waals surface area (Å²) in [4.78, 5) is 13.1. The lowest BCUT2D eigenvalue weighted by Crippen LogP contribution is -2.60. The molecule has 1 amide bonds. The van der Waals surface area contributed by atoms with Gasteiger partial charge in [-0.3, -0.25) is 4.79 Å². The zero-order chi connectivity index (χ0) is 50.4. The van der Waals surface area contributed by atoms with Crippen LogP contribution in [0.4, 0.5) is 0 Å². The van der Waals surface area contributed by atoms with Crippen LogP contribution in [0, 0.1) is 0 Å². The van der Waals surface area contributed by atoms with Crippen LogP contribution in [0.5, 0.6) is 0 Å². The van der Waals surface area contributed by atoms with Crippen molar-refractivity contribution in [1.82, 2.24) is 5.32 Å². The van der Waals surface area contributed by atoms with Gasteiger partial charge in [0.05, 0.1) is 25.4 Å². The van der Waals surface area contributed by atoms with E-state index in [9.17, 15) is 40.5 Å². The smallest absolute Gasteiger partial charge is 0.249 e. The van der Waals surface area contributed by atoms with Gasteiger partial charge in [0.15, 0.2) is 6.29 Å². The molecule has 0 aromatic rings. The van der Waals surface area contributed by atoms with Crippen molar-refractivity contribution in [3.8, 4) is 0 Å². The molecule has 1 saturated heterocycles. The Morgan fingerprint density at radius 2 is 0.928 bits per heavy atom. The van der Waals surface area contributed by atoms with E-state index in [1.54, 1.807) is 6.08 Å². The molecular formula is C58H107NO10. The third-order valence-electron chi connectivity index (χ3n) is 13.6. The summed E-state index contributed by atoms with van der Waals surface area (Å²) in [5.74, 6) is -0.778. The number of hydrogen-bond acceptors (Lipinski definition) is 10. The van der Waals surface area contributed by atoms with Crippen LogP contribution in [-0.4, -0.2) is 110 Å². The third-order valence-corrected chi connectivity index (χ3v) is 13.6. The SMILES string of the molecule is CCCCCCCC/C=C\C/C=C\CC(O)C(=O)NC(COC1OC(CO)C(O)C(O)C1O)C(O)C(O)CCC/C=C/CC/C=C/CCCCCCCCCCCCCCCCCCCCCCC. The molecule has 1 aliphatic heterocycles. The number of carbonyl (C=O) groups is 1. The van der Waals surface area contributed by atoms with Gasteiger partial charge >= 0.3 is 0 Å². The molecule has 1 rings (SSSR count). The Bertz CT molecular complexity index is 1260. The maximum absolute atomic E-state index is 13.1. The van der Waals surface area contributed by atoms with Crippen molar-refractivity contribution in [3.63, 3.8) is 0 Å². The summed E-state index contributed by atoms with van der Waals surface area (Å²) < 4.78 is 11.1. The minimum absolute atomic E-state index is 0.0395. The first-order chi connectivity index (χ1) is 33.7. The minimum Gasteiger partial charge on any atom is -0.394 e. The van der Waals surface area contributed by atoms with Gasteiger partial charge in [0.1, 0.15) is 36.6 Å². The van der Waals surface area contributed by atoms with Crippen molar-refractivity contribution < 1.29 is 50.0 Å². The number of allylic oxidation sites excluding steroid dienone is 7. The van der Waals surface area contributed by atoms with E-state index in [1.165, 1.54) is 173 Å². The number of rotatable bonds is 48. The molecule has 0 saturated carbocycles. The largest absolute Gasteiger partial charge is 0.394 e. The van der Waals surface area contributed by atoms with Crippen LogP contribution in [0.3, 0.4) is 0 Å². The molecule has 9 atom stereocenters. The molecule has 1 heterocycles. The lowest BCUT2D eigenvalue weighted by molar-refractivity contribution is -0.303. The van der Waals surface area contributed by atoms with Gasteiger partial charge in [0.2, 0.25) is 5.91 Å². The fourth-order valence-corrected chi connectivity index (χ4v) is 8.91. The van der Waals surface area contributed by atoms with Crippen molar-refractivity contribution in [1.29, 1.82) is 0 Å². The Labute approximate surface area is 421 Å². The summed E-state index contributed by atoms with van der Waals surface area (Å²) >= 11 is 0. The fraction of sp³-hybridized carbons (Fsp3) is 0.845. The monoisotopic (exact) mass is 978 g/mol. The summed E-state index contributed by atoms with van der Waals surface area (Å²) in [6.45, 7) is 3.39. The van der Waals surface area contributed by atoms with Crippen LogP contribution in [-0.2, 0) is 14.3 Å². The molecular weight excluding hydrogens is 871 g/mol. The first kappa shape index (κ1) is 65.1. The molecule has 0 spiro atoms. The molecule has 1 fully saturated rings. The first-order valence-corrected chi connectivity index (χ1v) is 28.5. The summed E-state index contributed by atoms with van der Waals surface area (Å²) in [7, 11) is 0. The van der Waals surface area contributed by atoms with Crippen LogP contribution in [0.15, 0.2) is 48.6 Å². The standard InChI is InChI=1S/C58H107NO10/c1-3-5-7-9-11-13-15-17-18-19-20-21-22-23-24-25-26-27-28-29-30-31-32-33-34-36-37-39-41-43-45-50(61)53(63)49(48-68-58-56(66)55(65)54(64)52(47-60)69-58)59-57(67)51(62)46-44-42-40-38-35-16-14-12-10-8-6-4-2/h32-33,35,37-39,42,44,49-56,58,60-66H,3-31,34,36,40-41,43,45-48H2,1-2H3,(H,59,67)/b33-32+,38-35-,39-37+,44-42-. The molecule has 11 heteroatoms. The van der Waals surface area contributed by atoms with Crippen LogP contribution >= 0.6 is 0 Å². The van der Waals surface area contributed by atoms with E-state index in [0.717, 1.165) is 25.7 Å². The van der Waals surface area contributed by atoms with Crippen molar-refractivity contribution in [2.75, 3.05) is 13.2 Å². The van der Waals surface area contributed by atoms with E-state index < -0.39 is 74.2 Å². The second-order valence-corrected chi connectivity index (χ2v) is 20.0. The molecule has 0 radical (unpaired) electrons. The Balaban J connectivity index is 2.29. The molecule has 0 aromatic carbocycles. The maximum Gasteiger partial charge on any atom is 0.249 e. The average Bonchev–Trinajstić information content (AvgIpc) is 3.35. The molecule has 0 aliphatic carbocycles. The first-order valence-electron chi connectivity index (χ1n) is 28.5. The summed E-state index contributed by atoms with van der Waals surface area (Å²) in [6.07, 6.45) is 47.9. The number of hydrogen-bond donors (Lipinski definition) is 8. The summed E-state index contributed by atoms with van der Waals surface area (Å²) in [6, 6.07) is -1.22. The van der Waals surface area contributed by atoms with E-state index in [2.05, 4.69) is 55.6 Å². The Hall–Kier alpha value is -1.93. The lowest BCUT2D eigenvalue weighted by Gasteiger charge is -2.40. The van der Waals surface area contributed by atoms with E-state index >= 15 is 0 Å². The molecule has 9 unspecified atom stereocenters. The molecule has 0 bridgehead atoms. The van der Waals surface area contributed by atoms with Gasteiger partial charge in [-0.15, -0.1) is 0 Å². The summed E-state index contributed by atoms with van der Waals surface area (Å²) in [5.41, 5.74) is 0. The van der Waals surface area contributed by atoms with Crippen LogP contribution in [0.2, 0.25) is 0 Å². The van der Waals surface area contributed by atoms with Gasteiger partial charge in [-0.25, -0.2) is 0 Å². The van der Waals surface area contributed by atoms with Crippen molar-refractivity contribution in [2.24, 2.45) is 0 Å². The second kappa shape index (κ2) is 47.1.